The Morgan fingerprint density at radius 2 is 1.73 bits per heavy atom. The van der Waals surface area contributed by atoms with Crippen molar-refractivity contribution in [3.63, 3.8) is 0 Å². The van der Waals surface area contributed by atoms with Crippen LogP contribution in [0.25, 0.3) is 0 Å². The predicted molar refractivity (Wildman–Crippen MR) is 88.0 cm³/mol. The highest BCUT2D eigenvalue weighted by atomic mass is 79.9. The van der Waals surface area contributed by atoms with E-state index in [2.05, 4.69) is 20.9 Å². The lowest BCUT2D eigenvalue weighted by molar-refractivity contribution is 0.103. The molecule has 8 heteroatoms. The zero-order valence-corrected chi connectivity index (χ0v) is 15.0. The van der Waals surface area contributed by atoms with Gasteiger partial charge < -0.3 is 19.2 Å². The Balaban J connectivity index is 2.61. The number of carbonyl (C=O) groups is 1. The van der Waals surface area contributed by atoms with Crippen molar-refractivity contribution in [2.75, 3.05) is 21.3 Å². The second-order valence-corrected chi connectivity index (χ2v) is 5.70. The fourth-order valence-corrected chi connectivity index (χ4v) is 2.92. The van der Waals surface area contributed by atoms with Crippen LogP contribution in [0.15, 0.2) is 16.6 Å². The molecule has 0 fully saturated rings. The third-order valence-electron chi connectivity index (χ3n) is 3.02. The summed E-state index contributed by atoms with van der Waals surface area (Å²) in [4.78, 5) is 15.5. The summed E-state index contributed by atoms with van der Waals surface area (Å²) < 4.78 is 16.2. The van der Waals surface area contributed by atoms with Gasteiger partial charge in [0.1, 0.15) is 10.8 Å². The summed E-state index contributed by atoms with van der Waals surface area (Å²) in [6.45, 7) is 0. The second kappa shape index (κ2) is 6.81. The molecule has 2 aromatic rings. The van der Waals surface area contributed by atoms with Crippen molar-refractivity contribution in [1.82, 2.24) is 4.98 Å². The van der Waals surface area contributed by atoms with Crippen LogP contribution in [0.1, 0.15) is 16.1 Å². The molecular weight excluding hydrogens is 397 g/mol. The van der Waals surface area contributed by atoms with Crippen molar-refractivity contribution >= 4 is 44.9 Å². The van der Waals surface area contributed by atoms with Crippen LogP contribution in [0, 0.1) is 0 Å². The van der Waals surface area contributed by atoms with Crippen LogP contribution < -0.4 is 14.2 Å². The Labute approximate surface area is 145 Å². The van der Waals surface area contributed by atoms with E-state index in [4.69, 9.17) is 37.4 Å². The normalized spacial score (nSPS) is 10.5. The zero-order chi connectivity index (χ0) is 16.4. The monoisotopic (exact) mass is 407 g/mol. The minimum atomic E-state index is -0.349. The number of methoxy groups -OCH3 is 3. The molecule has 1 heterocycles. The van der Waals surface area contributed by atoms with Crippen LogP contribution in [0.3, 0.4) is 0 Å². The standard InChI is InChI=1S/C14H12BrCl2NO4/c1-20-7-5-4-6(12(21-2)13(7)22-3)11(19)10-8(15)9(16)14(17)18-10/h4-5,18H,1-3H3. The van der Waals surface area contributed by atoms with E-state index in [1.54, 1.807) is 12.1 Å². The van der Waals surface area contributed by atoms with E-state index in [1.165, 1.54) is 21.3 Å². The smallest absolute Gasteiger partial charge is 0.214 e. The van der Waals surface area contributed by atoms with Gasteiger partial charge in [0.25, 0.3) is 0 Å². The van der Waals surface area contributed by atoms with Crippen molar-refractivity contribution in [1.29, 1.82) is 0 Å². The average Bonchev–Trinajstić information content (AvgIpc) is 2.79. The molecular formula is C14H12BrCl2NO4. The van der Waals surface area contributed by atoms with Gasteiger partial charge in [-0.05, 0) is 28.1 Å². The second-order valence-electron chi connectivity index (χ2n) is 4.15. The van der Waals surface area contributed by atoms with Crippen LogP contribution in [0.2, 0.25) is 10.2 Å². The van der Waals surface area contributed by atoms with Crippen molar-refractivity contribution in [2.45, 2.75) is 0 Å². The molecule has 0 aliphatic heterocycles. The molecule has 0 amide bonds. The maximum atomic E-state index is 12.7. The summed E-state index contributed by atoms with van der Waals surface area (Å²) >= 11 is 15.1. The minimum absolute atomic E-state index is 0.177. The Hall–Kier alpha value is -1.37. The molecule has 5 nitrogen and oxygen atoms in total. The fraction of sp³-hybridized carbons (Fsp3) is 0.214. The maximum absolute atomic E-state index is 12.7. The quantitative estimate of drug-likeness (QED) is 0.747. The largest absolute Gasteiger partial charge is 0.493 e. The molecule has 1 aromatic carbocycles. The summed E-state index contributed by atoms with van der Waals surface area (Å²) in [5.41, 5.74) is 0.510. The molecule has 0 saturated heterocycles. The number of halogens is 3. The lowest BCUT2D eigenvalue weighted by Gasteiger charge is -2.14. The third-order valence-corrected chi connectivity index (χ3v) is 4.79. The van der Waals surface area contributed by atoms with Gasteiger partial charge in [0.2, 0.25) is 11.5 Å². The van der Waals surface area contributed by atoms with Crippen LogP contribution in [-0.2, 0) is 0 Å². The van der Waals surface area contributed by atoms with E-state index in [0.29, 0.717) is 16.0 Å². The summed E-state index contributed by atoms with van der Waals surface area (Å²) in [6, 6.07) is 3.20. The summed E-state index contributed by atoms with van der Waals surface area (Å²) in [5, 5.41) is 0.417. The molecule has 0 unspecified atom stereocenters. The van der Waals surface area contributed by atoms with Gasteiger partial charge in [-0.3, -0.25) is 4.79 Å². The van der Waals surface area contributed by atoms with Crippen LogP contribution >= 0.6 is 39.1 Å². The number of hydrogen-bond acceptors (Lipinski definition) is 4. The van der Waals surface area contributed by atoms with E-state index in [9.17, 15) is 4.79 Å². The molecule has 0 radical (unpaired) electrons. The number of H-pyrrole nitrogens is 1. The molecule has 1 N–H and O–H groups in total. The van der Waals surface area contributed by atoms with Gasteiger partial charge in [0.05, 0.1) is 36.4 Å². The number of ketones is 1. The van der Waals surface area contributed by atoms with Gasteiger partial charge in [-0.25, -0.2) is 0 Å². The number of nitrogens with one attached hydrogen (secondary N) is 1. The van der Waals surface area contributed by atoms with Crippen LogP contribution in [-0.4, -0.2) is 32.1 Å². The van der Waals surface area contributed by atoms with Crippen molar-refractivity contribution in [3.05, 3.63) is 38.0 Å². The van der Waals surface area contributed by atoms with E-state index in [1.807, 2.05) is 0 Å². The van der Waals surface area contributed by atoms with Gasteiger partial charge in [-0.2, -0.15) is 0 Å². The van der Waals surface area contributed by atoms with E-state index in [-0.39, 0.29) is 33.0 Å². The fourth-order valence-electron chi connectivity index (χ4n) is 2.00. The highest BCUT2D eigenvalue weighted by Gasteiger charge is 2.25. The number of aromatic nitrogens is 1. The topological polar surface area (TPSA) is 60.6 Å². The van der Waals surface area contributed by atoms with Crippen molar-refractivity contribution < 1.29 is 19.0 Å². The number of ether oxygens (including phenoxy) is 3. The summed E-state index contributed by atoms with van der Waals surface area (Å²) in [6.07, 6.45) is 0. The number of carbonyl (C=O) groups excluding carboxylic acids is 1. The number of rotatable bonds is 5. The Morgan fingerprint density at radius 1 is 1.09 bits per heavy atom. The van der Waals surface area contributed by atoms with Crippen LogP contribution in [0.5, 0.6) is 17.2 Å². The molecule has 0 saturated carbocycles. The Kier molecular flexibility index (Phi) is 5.26. The van der Waals surface area contributed by atoms with Gasteiger partial charge >= 0.3 is 0 Å². The number of aromatic amines is 1. The molecule has 0 atom stereocenters. The summed E-state index contributed by atoms with van der Waals surface area (Å²) in [5.74, 6) is 0.701. The Morgan fingerprint density at radius 3 is 2.18 bits per heavy atom. The van der Waals surface area contributed by atoms with Crippen molar-refractivity contribution in [3.8, 4) is 17.2 Å². The predicted octanol–water partition coefficient (Wildman–Crippen LogP) is 4.34. The first-order chi connectivity index (χ1) is 10.5. The van der Waals surface area contributed by atoms with E-state index in [0.717, 1.165) is 0 Å². The molecule has 118 valence electrons. The zero-order valence-electron chi connectivity index (χ0n) is 11.9. The minimum Gasteiger partial charge on any atom is -0.493 e. The molecule has 0 aliphatic carbocycles. The first kappa shape index (κ1) is 17.0. The first-order valence-electron chi connectivity index (χ1n) is 6.02. The molecule has 1 aromatic heterocycles. The lowest BCUT2D eigenvalue weighted by atomic mass is 10.1. The average molecular weight is 409 g/mol. The molecule has 2 rings (SSSR count). The molecule has 22 heavy (non-hydrogen) atoms. The van der Waals surface area contributed by atoms with Gasteiger partial charge in [-0.15, -0.1) is 0 Å². The third kappa shape index (κ3) is 2.78. The molecule has 0 bridgehead atoms. The van der Waals surface area contributed by atoms with Crippen molar-refractivity contribution in [2.24, 2.45) is 0 Å². The molecule has 0 spiro atoms. The van der Waals surface area contributed by atoms with E-state index < -0.39 is 0 Å². The maximum Gasteiger partial charge on any atom is 0.214 e. The number of hydrogen-bond donors (Lipinski definition) is 1. The van der Waals surface area contributed by atoms with Gasteiger partial charge in [-0.1, -0.05) is 23.2 Å². The van der Waals surface area contributed by atoms with E-state index >= 15 is 0 Å². The highest BCUT2D eigenvalue weighted by Crippen LogP contribution is 2.42. The Bertz CT molecular complexity index is 730. The van der Waals surface area contributed by atoms with Gasteiger partial charge in [0.15, 0.2) is 11.5 Å². The first-order valence-corrected chi connectivity index (χ1v) is 7.57. The lowest BCUT2D eigenvalue weighted by Crippen LogP contribution is -2.07. The SMILES string of the molecule is COc1ccc(C(=O)c2[nH]c(Cl)c(Cl)c2Br)c(OC)c1OC. The van der Waals surface area contributed by atoms with Gasteiger partial charge in [0, 0.05) is 0 Å². The highest BCUT2D eigenvalue weighted by molar-refractivity contribution is 9.10. The summed E-state index contributed by atoms with van der Waals surface area (Å²) in [7, 11) is 4.41. The number of benzene rings is 1. The van der Waals surface area contributed by atoms with Crippen LogP contribution in [0.4, 0.5) is 0 Å². The molecule has 0 aliphatic rings.